The predicted molar refractivity (Wildman–Crippen MR) is 68.4 cm³/mol. The second-order valence-corrected chi connectivity index (χ2v) is 4.14. The zero-order chi connectivity index (χ0) is 12.3. The van der Waals surface area contributed by atoms with Crippen LogP contribution in [0.5, 0.6) is 11.5 Å². The van der Waals surface area contributed by atoms with Crippen molar-refractivity contribution in [3.8, 4) is 11.5 Å². The molecular formula is C13H13ClN2O. The summed E-state index contributed by atoms with van der Waals surface area (Å²) in [7, 11) is 0. The fourth-order valence-electron chi connectivity index (χ4n) is 1.44. The predicted octanol–water partition coefficient (Wildman–Crippen LogP) is 3.29. The van der Waals surface area contributed by atoms with Crippen LogP contribution < -0.4 is 10.5 Å². The zero-order valence-corrected chi connectivity index (χ0v) is 10.2. The van der Waals surface area contributed by atoms with E-state index in [1.54, 1.807) is 18.3 Å². The summed E-state index contributed by atoms with van der Waals surface area (Å²) < 4.78 is 5.75. The van der Waals surface area contributed by atoms with Crippen LogP contribution in [0, 0.1) is 6.92 Å². The standard InChI is InChI=1S/C13H13ClN2O/c1-9-2-3-10(14)6-13(9)17-12-4-5-16-11(7-12)8-15/h2-7H,8,15H2,1H3. The van der Waals surface area contributed by atoms with Crippen molar-refractivity contribution in [3.05, 3.63) is 52.8 Å². The molecule has 0 atom stereocenters. The van der Waals surface area contributed by atoms with Crippen LogP contribution in [-0.2, 0) is 6.54 Å². The van der Waals surface area contributed by atoms with E-state index < -0.39 is 0 Å². The average Bonchev–Trinajstić information content (AvgIpc) is 2.34. The molecule has 0 fully saturated rings. The molecule has 0 aliphatic heterocycles. The van der Waals surface area contributed by atoms with Gasteiger partial charge in [0.25, 0.3) is 0 Å². The minimum absolute atomic E-state index is 0.395. The molecule has 1 aromatic heterocycles. The maximum atomic E-state index is 5.93. The minimum Gasteiger partial charge on any atom is -0.457 e. The molecule has 0 radical (unpaired) electrons. The molecule has 17 heavy (non-hydrogen) atoms. The van der Waals surface area contributed by atoms with Gasteiger partial charge in [0.05, 0.1) is 5.69 Å². The topological polar surface area (TPSA) is 48.1 Å². The number of pyridine rings is 1. The van der Waals surface area contributed by atoms with Crippen LogP contribution in [0.4, 0.5) is 0 Å². The summed E-state index contributed by atoms with van der Waals surface area (Å²) in [6, 6.07) is 9.16. The Morgan fingerprint density at radius 3 is 2.88 bits per heavy atom. The second-order valence-electron chi connectivity index (χ2n) is 3.70. The number of hydrogen-bond donors (Lipinski definition) is 1. The molecule has 1 heterocycles. The summed E-state index contributed by atoms with van der Waals surface area (Å²) in [5.74, 6) is 1.46. The van der Waals surface area contributed by atoms with Gasteiger partial charge in [0.2, 0.25) is 0 Å². The first-order chi connectivity index (χ1) is 8.19. The van der Waals surface area contributed by atoms with Gasteiger partial charge >= 0.3 is 0 Å². The molecule has 3 nitrogen and oxygen atoms in total. The number of hydrogen-bond acceptors (Lipinski definition) is 3. The lowest BCUT2D eigenvalue weighted by atomic mass is 10.2. The summed E-state index contributed by atoms with van der Waals surface area (Å²) in [4.78, 5) is 4.11. The van der Waals surface area contributed by atoms with Crippen molar-refractivity contribution in [1.29, 1.82) is 0 Å². The number of rotatable bonds is 3. The molecule has 2 rings (SSSR count). The maximum Gasteiger partial charge on any atom is 0.131 e. The molecule has 0 spiro atoms. The summed E-state index contributed by atoms with van der Waals surface area (Å²) in [5, 5.41) is 0.652. The third-order valence-corrected chi connectivity index (χ3v) is 2.61. The SMILES string of the molecule is Cc1ccc(Cl)cc1Oc1ccnc(CN)c1. The van der Waals surface area contributed by atoms with E-state index in [9.17, 15) is 0 Å². The lowest BCUT2D eigenvalue weighted by Gasteiger charge is -2.09. The van der Waals surface area contributed by atoms with E-state index in [0.717, 1.165) is 17.0 Å². The lowest BCUT2D eigenvalue weighted by molar-refractivity contribution is 0.477. The average molecular weight is 249 g/mol. The highest BCUT2D eigenvalue weighted by atomic mass is 35.5. The normalized spacial score (nSPS) is 10.3. The zero-order valence-electron chi connectivity index (χ0n) is 9.48. The fraction of sp³-hybridized carbons (Fsp3) is 0.154. The van der Waals surface area contributed by atoms with E-state index in [-0.39, 0.29) is 0 Å². The number of nitrogens with zero attached hydrogens (tertiary/aromatic N) is 1. The number of aromatic nitrogens is 1. The number of ether oxygens (including phenoxy) is 1. The molecule has 0 aliphatic rings. The third-order valence-electron chi connectivity index (χ3n) is 2.38. The van der Waals surface area contributed by atoms with Crippen LogP contribution in [0.1, 0.15) is 11.3 Å². The second kappa shape index (κ2) is 5.17. The summed E-state index contributed by atoms with van der Waals surface area (Å²) in [5.41, 5.74) is 7.35. The molecule has 4 heteroatoms. The molecule has 0 unspecified atom stereocenters. The fourth-order valence-corrected chi connectivity index (χ4v) is 1.60. The van der Waals surface area contributed by atoms with Crippen LogP contribution in [0.25, 0.3) is 0 Å². The Morgan fingerprint density at radius 2 is 2.12 bits per heavy atom. The molecule has 0 amide bonds. The van der Waals surface area contributed by atoms with Crippen molar-refractivity contribution in [3.63, 3.8) is 0 Å². The van der Waals surface area contributed by atoms with Gasteiger partial charge in [-0.1, -0.05) is 17.7 Å². The Balaban J connectivity index is 2.27. The van der Waals surface area contributed by atoms with Gasteiger partial charge in [-0.15, -0.1) is 0 Å². The third kappa shape index (κ3) is 2.96. The van der Waals surface area contributed by atoms with Gasteiger partial charge in [-0.25, -0.2) is 0 Å². The lowest BCUT2D eigenvalue weighted by Crippen LogP contribution is -1.99. The Morgan fingerprint density at radius 1 is 1.29 bits per heavy atom. The summed E-state index contributed by atoms with van der Waals surface area (Å²) >= 11 is 5.93. The van der Waals surface area contributed by atoms with Gasteiger partial charge in [0, 0.05) is 23.8 Å². The number of nitrogens with two attached hydrogens (primary N) is 1. The molecule has 1 aromatic carbocycles. The van der Waals surface area contributed by atoms with Crippen LogP contribution in [-0.4, -0.2) is 4.98 Å². The Bertz CT molecular complexity index is 529. The minimum atomic E-state index is 0.395. The van der Waals surface area contributed by atoms with Crippen molar-refractivity contribution in [2.45, 2.75) is 13.5 Å². The number of aryl methyl sites for hydroxylation is 1. The molecule has 0 saturated heterocycles. The van der Waals surface area contributed by atoms with Crippen molar-refractivity contribution >= 4 is 11.6 Å². The maximum absolute atomic E-state index is 5.93. The summed E-state index contributed by atoms with van der Waals surface area (Å²) in [6.45, 7) is 2.36. The first kappa shape index (κ1) is 11.9. The van der Waals surface area contributed by atoms with Crippen molar-refractivity contribution < 1.29 is 4.74 Å². The quantitative estimate of drug-likeness (QED) is 0.907. The number of halogens is 1. The van der Waals surface area contributed by atoms with Crippen molar-refractivity contribution in [2.75, 3.05) is 0 Å². The summed E-state index contributed by atoms with van der Waals surface area (Å²) in [6.07, 6.45) is 1.68. The Kier molecular flexibility index (Phi) is 3.61. The number of benzene rings is 1. The largest absolute Gasteiger partial charge is 0.457 e. The van der Waals surface area contributed by atoms with E-state index in [4.69, 9.17) is 22.1 Å². The van der Waals surface area contributed by atoms with Gasteiger partial charge in [-0.3, -0.25) is 4.98 Å². The highest BCUT2D eigenvalue weighted by Gasteiger charge is 2.03. The highest BCUT2D eigenvalue weighted by molar-refractivity contribution is 6.30. The first-order valence-corrected chi connectivity index (χ1v) is 5.66. The van der Waals surface area contributed by atoms with Gasteiger partial charge in [0.15, 0.2) is 0 Å². The van der Waals surface area contributed by atoms with Crippen LogP contribution in [0.3, 0.4) is 0 Å². The molecule has 0 saturated carbocycles. The van der Waals surface area contributed by atoms with E-state index in [0.29, 0.717) is 17.3 Å². The molecule has 0 bridgehead atoms. The Labute approximate surface area is 105 Å². The van der Waals surface area contributed by atoms with Gasteiger partial charge in [-0.2, -0.15) is 0 Å². The monoisotopic (exact) mass is 248 g/mol. The highest BCUT2D eigenvalue weighted by Crippen LogP contribution is 2.27. The van der Waals surface area contributed by atoms with Crippen LogP contribution in [0.15, 0.2) is 36.5 Å². The van der Waals surface area contributed by atoms with E-state index in [1.807, 2.05) is 25.1 Å². The van der Waals surface area contributed by atoms with Gasteiger partial charge < -0.3 is 10.5 Å². The molecule has 0 aliphatic carbocycles. The van der Waals surface area contributed by atoms with Gasteiger partial charge in [-0.05, 0) is 30.7 Å². The Hall–Kier alpha value is -1.58. The van der Waals surface area contributed by atoms with Gasteiger partial charge in [0.1, 0.15) is 11.5 Å². The smallest absolute Gasteiger partial charge is 0.131 e. The van der Waals surface area contributed by atoms with Crippen LogP contribution in [0.2, 0.25) is 5.02 Å². The van der Waals surface area contributed by atoms with Crippen molar-refractivity contribution in [2.24, 2.45) is 5.73 Å². The molecule has 88 valence electrons. The van der Waals surface area contributed by atoms with E-state index in [1.165, 1.54) is 0 Å². The first-order valence-electron chi connectivity index (χ1n) is 5.28. The molecule has 2 aromatic rings. The van der Waals surface area contributed by atoms with E-state index >= 15 is 0 Å². The molecular weight excluding hydrogens is 236 g/mol. The van der Waals surface area contributed by atoms with Crippen LogP contribution >= 0.6 is 11.6 Å². The molecule has 2 N–H and O–H groups in total. The van der Waals surface area contributed by atoms with Crippen molar-refractivity contribution in [1.82, 2.24) is 4.98 Å². The van der Waals surface area contributed by atoms with E-state index in [2.05, 4.69) is 4.98 Å².